The number of aryl methyl sites for hydroxylation is 1. The van der Waals surface area contributed by atoms with Crippen molar-refractivity contribution in [2.75, 3.05) is 38.1 Å². The normalized spacial score (nSPS) is 11.9. The summed E-state index contributed by atoms with van der Waals surface area (Å²) in [6.45, 7) is 5.88. The van der Waals surface area contributed by atoms with Crippen molar-refractivity contribution in [2.24, 2.45) is 0 Å². The molecule has 1 heterocycles. The molecule has 0 aliphatic carbocycles. The van der Waals surface area contributed by atoms with E-state index in [0.29, 0.717) is 52.8 Å². The van der Waals surface area contributed by atoms with E-state index >= 15 is 0 Å². The molecule has 0 bridgehead atoms. The Hall–Kier alpha value is -3.57. The number of aromatic nitrogens is 2. The molecule has 2 aromatic carbocycles. The van der Waals surface area contributed by atoms with Crippen LogP contribution in [-0.4, -0.2) is 54.0 Å². The highest BCUT2D eigenvalue weighted by Crippen LogP contribution is 2.40. The summed E-state index contributed by atoms with van der Waals surface area (Å²) in [4.78, 5) is 20.6. The SMILES string of the molecule is COCCOc1cc2c(NCc3cc(NC(C)=O)cc(C(F)(F)C(C)(C)O)c3)nc(C)nc2cc1OC. The number of carbonyl (C=O) groups is 1. The van der Waals surface area contributed by atoms with E-state index in [-0.39, 0.29) is 12.2 Å². The average Bonchev–Trinajstić information content (AvgIpc) is 2.81. The number of hydrogen-bond donors (Lipinski definition) is 3. The summed E-state index contributed by atoms with van der Waals surface area (Å²) in [5.74, 6) is -2.06. The van der Waals surface area contributed by atoms with Gasteiger partial charge in [0.2, 0.25) is 5.91 Å². The highest BCUT2D eigenvalue weighted by Gasteiger charge is 2.47. The summed E-state index contributed by atoms with van der Waals surface area (Å²) in [5, 5.41) is 16.4. The molecule has 1 amide bonds. The molecule has 0 fully saturated rings. The number of methoxy groups -OCH3 is 2. The minimum atomic E-state index is -3.57. The minimum absolute atomic E-state index is 0.0970. The van der Waals surface area contributed by atoms with Gasteiger partial charge in [0.15, 0.2) is 11.5 Å². The molecule has 0 spiro atoms. The Balaban J connectivity index is 2.00. The van der Waals surface area contributed by atoms with Crippen LogP contribution in [0.25, 0.3) is 10.9 Å². The van der Waals surface area contributed by atoms with Gasteiger partial charge in [-0.05, 0) is 50.6 Å². The minimum Gasteiger partial charge on any atom is -0.493 e. The number of hydrogen-bond acceptors (Lipinski definition) is 8. The second kappa shape index (κ2) is 11.2. The van der Waals surface area contributed by atoms with Crippen LogP contribution in [0, 0.1) is 6.92 Å². The van der Waals surface area contributed by atoms with Crippen molar-refractivity contribution in [3.63, 3.8) is 0 Å². The van der Waals surface area contributed by atoms with Crippen LogP contribution >= 0.6 is 0 Å². The maximum absolute atomic E-state index is 15.0. The van der Waals surface area contributed by atoms with Gasteiger partial charge in [0.1, 0.15) is 23.9 Å². The van der Waals surface area contributed by atoms with Crippen molar-refractivity contribution >= 4 is 28.3 Å². The van der Waals surface area contributed by atoms with Crippen LogP contribution in [0.5, 0.6) is 11.5 Å². The Kier molecular flexibility index (Phi) is 8.49. The van der Waals surface area contributed by atoms with Gasteiger partial charge in [0.25, 0.3) is 0 Å². The predicted molar refractivity (Wildman–Crippen MR) is 136 cm³/mol. The zero-order valence-electron chi connectivity index (χ0n) is 21.7. The molecule has 0 aliphatic rings. The van der Waals surface area contributed by atoms with Gasteiger partial charge in [-0.15, -0.1) is 0 Å². The molecular weight excluding hydrogens is 486 g/mol. The van der Waals surface area contributed by atoms with Crippen LogP contribution in [0.15, 0.2) is 30.3 Å². The number of nitrogens with one attached hydrogen (secondary N) is 2. The van der Waals surface area contributed by atoms with Crippen LogP contribution in [0.1, 0.15) is 37.7 Å². The van der Waals surface area contributed by atoms with E-state index in [1.807, 2.05) is 0 Å². The molecule has 3 aromatic rings. The van der Waals surface area contributed by atoms with Gasteiger partial charge >= 0.3 is 5.92 Å². The topological polar surface area (TPSA) is 115 Å². The molecule has 0 saturated carbocycles. The Morgan fingerprint density at radius 3 is 2.41 bits per heavy atom. The first-order valence-corrected chi connectivity index (χ1v) is 11.6. The van der Waals surface area contributed by atoms with Gasteiger partial charge in [-0.25, -0.2) is 9.97 Å². The average molecular weight is 519 g/mol. The maximum atomic E-state index is 15.0. The number of amides is 1. The lowest BCUT2D eigenvalue weighted by atomic mass is 9.92. The van der Waals surface area contributed by atoms with E-state index in [1.54, 1.807) is 32.2 Å². The first-order chi connectivity index (χ1) is 17.3. The van der Waals surface area contributed by atoms with Crippen molar-refractivity contribution in [1.82, 2.24) is 9.97 Å². The predicted octanol–water partition coefficient (Wildman–Crippen LogP) is 4.41. The monoisotopic (exact) mass is 518 g/mol. The Morgan fingerprint density at radius 2 is 1.78 bits per heavy atom. The van der Waals surface area contributed by atoms with E-state index in [4.69, 9.17) is 14.2 Å². The fourth-order valence-corrected chi connectivity index (χ4v) is 3.68. The number of alkyl halides is 2. The van der Waals surface area contributed by atoms with Gasteiger partial charge in [0.05, 0.1) is 19.2 Å². The molecule has 11 heteroatoms. The lowest BCUT2D eigenvalue weighted by Crippen LogP contribution is -2.40. The third-order valence-electron chi connectivity index (χ3n) is 5.54. The summed E-state index contributed by atoms with van der Waals surface area (Å²) in [6, 6.07) is 7.50. The molecule has 3 N–H and O–H groups in total. The molecule has 0 saturated heterocycles. The zero-order chi connectivity index (χ0) is 27.4. The lowest BCUT2D eigenvalue weighted by Gasteiger charge is -2.30. The van der Waals surface area contributed by atoms with Crippen LogP contribution in [-0.2, 0) is 22.0 Å². The van der Waals surface area contributed by atoms with Crippen molar-refractivity contribution in [3.8, 4) is 11.5 Å². The summed E-state index contributed by atoms with van der Waals surface area (Å²) in [7, 11) is 3.10. The van der Waals surface area contributed by atoms with E-state index in [0.717, 1.165) is 19.9 Å². The van der Waals surface area contributed by atoms with Crippen molar-refractivity contribution in [2.45, 2.75) is 45.8 Å². The molecule has 0 atom stereocenters. The number of nitrogens with zero attached hydrogens (tertiary/aromatic N) is 2. The molecule has 1 aromatic heterocycles. The molecule has 0 aliphatic heterocycles. The van der Waals surface area contributed by atoms with Gasteiger partial charge in [0, 0.05) is 43.3 Å². The Morgan fingerprint density at radius 1 is 1.05 bits per heavy atom. The van der Waals surface area contributed by atoms with E-state index < -0.39 is 23.0 Å². The highest BCUT2D eigenvalue weighted by atomic mass is 19.3. The van der Waals surface area contributed by atoms with Crippen LogP contribution in [0.3, 0.4) is 0 Å². The maximum Gasteiger partial charge on any atom is 0.300 e. The fourth-order valence-electron chi connectivity index (χ4n) is 3.68. The van der Waals surface area contributed by atoms with Gasteiger partial charge < -0.3 is 30.0 Å². The number of carbonyl (C=O) groups excluding carboxylic acids is 1. The first kappa shape index (κ1) is 28.0. The van der Waals surface area contributed by atoms with Crippen LogP contribution in [0.4, 0.5) is 20.3 Å². The second-order valence-corrected chi connectivity index (χ2v) is 9.07. The highest BCUT2D eigenvalue weighted by molar-refractivity contribution is 5.92. The molecule has 9 nitrogen and oxygen atoms in total. The number of ether oxygens (including phenoxy) is 3. The van der Waals surface area contributed by atoms with Gasteiger partial charge in [-0.2, -0.15) is 8.78 Å². The number of aliphatic hydroxyl groups is 1. The fraction of sp³-hybridized carbons (Fsp3) is 0.423. The number of anilines is 2. The molecule has 3 rings (SSSR count). The lowest BCUT2D eigenvalue weighted by molar-refractivity contribution is -0.168. The van der Waals surface area contributed by atoms with E-state index in [1.165, 1.54) is 20.1 Å². The van der Waals surface area contributed by atoms with Gasteiger partial charge in [-0.3, -0.25) is 4.79 Å². The van der Waals surface area contributed by atoms with E-state index in [2.05, 4.69) is 20.6 Å². The molecule has 0 unspecified atom stereocenters. The Labute approximate surface area is 214 Å². The Bertz CT molecular complexity index is 1280. The number of benzene rings is 2. The summed E-state index contributed by atoms with van der Waals surface area (Å²) < 4.78 is 46.2. The largest absolute Gasteiger partial charge is 0.493 e. The van der Waals surface area contributed by atoms with Crippen LogP contribution < -0.4 is 20.1 Å². The molecule has 0 radical (unpaired) electrons. The first-order valence-electron chi connectivity index (χ1n) is 11.6. The molecule has 37 heavy (non-hydrogen) atoms. The smallest absolute Gasteiger partial charge is 0.300 e. The third kappa shape index (κ3) is 6.60. The summed E-state index contributed by atoms with van der Waals surface area (Å²) >= 11 is 0. The summed E-state index contributed by atoms with van der Waals surface area (Å²) in [5.41, 5.74) is -1.50. The third-order valence-corrected chi connectivity index (χ3v) is 5.54. The second-order valence-electron chi connectivity index (χ2n) is 9.07. The zero-order valence-corrected chi connectivity index (χ0v) is 21.7. The number of rotatable bonds is 11. The summed E-state index contributed by atoms with van der Waals surface area (Å²) in [6.07, 6.45) is 0. The number of halogens is 2. The standard InChI is InChI=1S/C26H32F2N4O5/c1-15-30-21-13-22(36-6)23(37-8-7-35-5)12-20(21)24(31-15)29-14-17-9-18(26(27,28)25(3,4)34)11-19(10-17)32-16(2)33/h9-13,34H,7-8,14H2,1-6H3,(H,32,33)(H,29,30,31). The van der Waals surface area contributed by atoms with Crippen molar-refractivity contribution < 1.29 is 32.9 Å². The van der Waals surface area contributed by atoms with Crippen molar-refractivity contribution in [3.05, 3.63) is 47.3 Å². The van der Waals surface area contributed by atoms with Crippen molar-refractivity contribution in [1.29, 1.82) is 0 Å². The van der Waals surface area contributed by atoms with Crippen LogP contribution in [0.2, 0.25) is 0 Å². The van der Waals surface area contributed by atoms with Gasteiger partial charge in [-0.1, -0.05) is 0 Å². The molecular formula is C26H32F2N4O5. The van der Waals surface area contributed by atoms with E-state index in [9.17, 15) is 18.7 Å². The molecule has 200 valence electrons. The quantitative estimate of drug-likeness (QED) is 0.320. The number of fused-ring (bicyclic) bond motifs is 1.